The Labute approximate surface area is 148 Å². The summed E-state index contributed by atoms with van der Waals surface area (Å²) in [4.78, 5) is 22.5. The first-order valence-corrected chi connectivity index (χ1v) is 8.31. The molecule has 8 heteroatoms. The molecule has 0 saturated carbocycles. The summed E-state index contributed by atoms with van der Waals surface area (Å²) >= 11 is 0. The summed E-state index contributed by atoms with van der Waals surface area (Å²) in [6.07, 6.45) is 2.48. The molecule has 1 unspecified atom stereocenters. The minimum absolute atomic E-state index is 0.150. The predicted molar refractivity (Wildman–Crippen MR) is 92.9 cm³/mol. The van der Waals surface area contributed by atoms with Gasteiger partial charge in [-0.1, -0.05) is 6.07 Å². The molecular weight excluding hydrogens is 341 g/mol. The van der Waals surface area contributed by atoms with Gasteiger partial charge < -0.3 is 15.4 Å². The lowest BCUT2D eigenvalue weighted by atomic mass is 9.87. The third-order valence-corrected chi connectivity index (χ3v) is 4.68. The number of carbonyl (C=O) groups is 1. The van der Waals surface area contributed by atoms with Crippen LogP contribution in [0.4, 0.5) is 21.5 Å². The number of benzene rings is 2. The highest BCUT2D eigenvalue weighted by atomic mass is 19.1. The summed E-state index contributed by atoms with van der Waals surface area (Å²) < 4.78 is 18.9. The fraction of sp³-hybridized carbons (Fsp3) is 0.278. The van der Waals surface area contributed by atoms with Crippen molar-refractivity contribution >= 4 is 23.0 Å². The third-order valence-electron chi connectivity index (χ3n) is 4.68. The maximum atomic E-state index is 13.7. The molecule has 1 aliphatic heterocycles. The summed E-state index contributed by atoms with van der Waals surface area (Å²) in [5, 5.41) is 17.3. The Morgan fingerprint density at radius 3 is 2.96 bits per heavy atom. The Morgan fingerprint density at radius 2 is 2.15 bits per heavy atom. The molecule has 2 aromatic carbocycles. The van der Waals surface area contributed by atoms with E-state index in [9.17, 15) is 19.3 Å². The summed E-state index contributed by atoms with van der Waals surface area (Å²) in [5.41, 5.74) is 2.34. The maximum absolute atomic E-state index is 13.7. The van der Waals surface area contributed by atoms with Gasteiger partial charge in [-0.25, -0.2) is 4.39 Å². The van der Waals surface area contributed by atoms with Gasteiger partial charge in [0.05, 0.1) is 22.7 Å². The molecule has 0 aromatic heterocycles. The number of ether oxygens (including phenoxy) is 1. The average molecular weight is 357 g/mol. The number of nitro benzene ring substituents is 1. The normalized spacial score (nSPS) is 18.2. The number of nitrogens with zero attached hydrogens (tertiary/aromatic N) is 1. The van der Waals surface area contributed by atoms with Gasteiger partial charge in [-0.05, 0) is 48.6 Å². The molecule has 7 nitrogen and oxygen atoms in total. The van der Waals surface area contributed by atoms with E-state index >= 15 is 0 Å². The van der Waals surface area contributed by atoms with Gasteiger partial charge in [0.1, 0.15) is 11.5 Å². The number of hydrogen-bond acceptors (Lipinski definition) is 5. The first-order valence-electron chi connectivity index (χ1n) is 8.31. The zero-order valence-electron chi connectivity index (χ0n) is 13.8. The second kappa shape index (κ2) is 6.29. The van der Waals surface area contributed by atoms with E-state index in [1.54, 1.807) is 6.07 Å². The smallest absolute Gasteiger partial charge is 0.296 e. The van der Waals surface area contributed by atoms with E-state index in [-0.39, 0.29) is 41.5 Å². The Morgan fingerprint density at radius 1 is 1.31 bits per heavy atom. The Bertz CT molecular complexity index is 916. The summed E-state index contributed by atoms with van der Waals surface area (Å²) in [5.74, 6) is -0.391. The zero-order valence-corrected chi connectivity index (χ0v) is 13.8. The number of fused-ring (bicyclic) bond motifs is 2. The third kappa shape index (κ3) is 2.94. The molecular formula is C18H16FN3O4. The predicted octanol–water partition coefficient (Wildman–Crippen LogP) is 3.55. The number of halogens is 1. The van der Waals surface area contributed by atoms with Crippen molar-refractivity contribution in [2.75, 3.05) is 17.2 Å². The molecule has 0 fully saturated rings. The Hall–Kier alpha value is -3.16. The highest BCUT2D eigenvalue weighted by Crippen LogP contribution is 2.41. The van der Waals surface area contributed by atoms with E-state index in [1.807, 2.05) is 0 Å². The fourth-order valence-corrected chi connectivity index (χ4v) is 3.49. The molecule has 1 aliphatic carbocycles. The molecule has 134 valence electrons. The van der Waals surface area contributed by atoms with Crippen LogP contribution in [0.3, 0.4) is 0 Å². The molecule has 2 N–H and O–H groups in total. The molecule has 2 aromatic rings. The molecule has 4 rings (SSSR count). The standard InChI is InChI=1S/C18H16FN3O4/c19-11-5-4-10-2-1-3-13(12(10)6-11)20-14-7-15-17(8-16(14)22(24)25)26-9-18(23)21-15/h4-8,13,20H,1-3,9H2,(H,21,23). The summed E-state index contributed by atoms with van der Waals surface area (Å²) in [7, 11) is 0. The quantitative estimate of drug-likeness (QED) is 0.647. The van der Waals surface area contributed by atoms with Gasteiger partial charge >= 0.3 is 0 Å². The van der Waals surface area contributed by atoms with Gasteiger partial charge in [0.15, 0.2) is 12.4 Å². The first kappa shape index (κ1) is 16.3. The summed E-state index contributed by atoms with van der Waals surface area (Å²) in [6.45, 7) is -0.174. The number of amides is 1. The van der Waals surface area contributed by atoms with Gasteiger partial charge in [-0.15, -0.1) is 0 Å². The number of rotatable bonds is 3. The van der Waals surface area contributed by atoms with Crippen molar-refractivity contribution in [3.8, 4) is 5.75 Å². The van der Waals surface area contributed by atoms with Crippen LogP contribution in [0.25, 0.3) is 0 Å². The number of carbonyl (C=O) groups excluding carboxylic acids is 1. The molecule has 1 atom stereocenters. The van der Waals surface area contributed by atoms with Crippen molar-refractivity contribution in [2.24, 2.45) is 0 Å². The summed E-state index contributed by atoms with van der Waals surface area (Å²) in [6, 6.07) is 7.21. The van der Waals surface area contributed by atoms with Gasteiger partial charge in [-0.3, -0.25) is 14.9 Å². The van der Waals surface area contributed by atoms with Gasteiger partial charge in [0.2, 0.25) is 0 Å². The van der Waals surface area contributed by atoms with Crippen molar-refractivity contribution in [1.82, 2.24) is 0 Å². The lowest BCUT2D eigenvalue weighted by Crippen LogP contribution is -2.26. The van der Waals surface area contributed by atoms with Crippen LogP contribution in [0.5, 0.6) is 5.75 Å². The molecule has 1 amide bonds. The fourth-order valence-electron chi connectivity index (χ4n) is 3.49. The van der Waals surface area contributed by atoms with E-state index in [1.165, 1.54) is 24.3 Å². The number of hydrogen-bond donors (Lipinski definition) is 2. The van der Waals surface area contributed by atoms with E-state index in [0.717, 1.165) is 30.4 Å². The van der Waals surface area contributed by atoms with Crippen molar-refractivity contribution in [3.05, 3.63) is 57.4 Å². The van der Waals surface area contributed by atoms with Crippen molar-refractivity contribution in [2.45, 2.75) is 25.3 Å². The van der Waals surface area contributed by atoms with Crippen LogP contribution in [-0.4, -0.2) is 17.4 Å². The van der Waals surface area contributed by atoms with Crippen LogP contribution in [0.1, 0.15) is 30.0 Å². The molecule has 0 saturated heterocycles. The molecule has 0 radical (unpaired) electrons. The van der Waals surface area contributed by atoms with Crippen LogP contribution in [0.15, 0.2) is 30.3 Å². The van der Waals surface area contributed by atoms with Gasteiger partial charge in [-0.2, -0.15) is 0 Å². The minimum atomic E-state index is -0.502. The zero-order chi connectivity index (χ0) is 18.3. The average Bonchev–Trinajstić information content (AvgIpc) is 2.61. The molecule has 0 bridgehead atoms. The van der Waals surface area contributed by atoms with Crippen LogP contribution in [0, 0.1) is 15.9 Å². The molecule has 0 spiro atoms. The first-order chi connectivity index (χ1) is 12.5. The Balaban J connectivity index is 1.73. The Kier molecular flexibility index (Phi) is 3.95. The van der Waals surface area contributed by atoms with Gasteiger partial charge in [0, 0.05) is 0 Å². The van der Waals surface area contributed by atoms with Crippen molar-refractivity contribution < 1.29 is 18.8 Å². The largest absolute Gasteiger partial charge is 0.481 e. The SMILES string of the molecule is O=C1COc2cc([N+](=O)[O-])c(NC3CCCc4ccc(F)cc43)cc2N1. The topological polar surface area (TPSA) is 93.5 Å². The van der Waals surface area contributed by atoms with Gasteiger partial charge in [0.25, 0.3) is 11.6 Å². The number of aryl methyl sites for hydroxylation is 1. The second-order valence-electron chi connectivity index (χ2n) is 6.39. The van der Waals surface area contributed by atoms with E-state index < -0.39 is 4.92 Å². The van der Waals surface area contributed by atoms with Crippen LogP contribution >= 0.6 is 0 Å². The highest BCUT2D eigenvalue weighted by Gasteiger charge is 2.27. The number of nitro groups is 1. The number of anilines is 2. The lowest BCUT2D eigenvalue weighted by Gasteiger charge is -2.28. The molecule has 1 heterocycles. The monoisotopic (exact) mass is 357 g/mol. The van der Waals surface area contributed by atoms with E-state index in [0.29, 0.717) is 5.69 Å². The van der Waals surface area contributed by atoms with Crippen molar-refractivity contribution in [1.29, 1.82) is 0 Å². The van der Waals surface area contributed by atoms with Crippen LogP contribution < -0.4 is 15.4 Å². The second-order valence-corrected chi connectivity index (χ2v) is 6.39. The maximum Gasteiger partial charge on any atom is 0.296 e. The highest BCUT2D eigenvalue weighted by molar-refractivity contribution is 5.96. The number of nitrogens with one attached hydrogen (secondary N) is 2. The minimum Gasteiger partial charge on any atom is -0.481 e. The lowest BCUT2D eigenvalue weighted by molar-refractivity contribution is -0.384. The van der Waals surface area contributed by atoms with Crippen LogP contribution in [0.2, 0.25) is 0 Å². The molecule has 2 aliphatic rings. The van der Waals surface area contributed by atoms with E-state index in [2.05, 4.69) is 10.6 Å². The van der Waals surface area contributed by atoms with Crippen molar-refractivity contribution in [3.63, 3.8) is 0 Å². The van der Waals surface area contributed by atoms with E-state index in [4.69, 9.17) is 4.74 Å². The van der Waals surface area contributed by atoms with Crippen LogP contribution in [-0.2, 0) is 11.2 Å². The molecule has 26 heavy (non-hydrogen) atoms.